The Kier molecular flexibility index (Phi) is 15.4. The lowest BCUT2D eigenvalue weighted by Gasteiger charge is -2.15. The summed E-state index contributed by atoms with van der Waals surface area (Å²) in [4.78, 5) is 2.18. The van der Waals surface area contributed by atoms with E-state index in [4.69, 9.17) is 10.2 Å². The van der Waals surface area contributed by atoms with Crippen LogP contribution < -0.4 is 0 Å². The van der Waals surface area contributed by atoms with E-state index in [9.17, 15) is 0 Å². The van der Waals surface area contributed by atoms with Crippen LogP contribution in [0, 0.1) is 0 Å². The first-order chi connectivity index (χ1) is 5.26. The zero-order chi connectivity index (χ0) is 9.11. The predicted octanol–water partition coefficient (Wildman–Crippen LogP) is 0.319. The molecule has 0 atom stereocenters. The normalized spacial score (nSPS) is 9.27. The summed E-state index contributed by atoms with van der Waals surface area (Å²) in [5, 5.41) is 16.0. The van der Waals surface area contributed by atoms with Crippen molar-refractivity contribution >= 4 is 0 Å². The van der Waals surface area contributed by atoms with Gasteiger partial charge in [0.15, 0.2) is 0 Å². The van der Waals surface area contributed by atoms with E-state index in [2.05, 4.69) is 18.7 Å². The van der Waals surface area contributed by atoms with Crippen LogP contribution in [-0.4, -0.2) is 48.0 Å². The molecule has 0 amide bonds. The van der Waals surface area contributed by atoms with Gasteiger partial charge in [0.05, 0.1) is 6.61 Å². The van der Waals surface area contributed by atoms with Crippen LogP contribution in [0.15, 0.2) is 0 Å². The van der Waals surface area contributed by atoms with Crippen LogP contribution in [0.2, 0.25) is 0 Å². The summed E-state index contributed by atoms with van der Waals surface area (Å²) in [6, 6.07) is 0. The molecule has 70 valence electrons. The average Bonchev–Trinajstić information content (AvgIpc) is 2.02. The Hall–Kier alpha value is -0.120. The highest BCUT2D eigenvalue weighted by Crippen LogP contribution is 1.82. The molecule has 0 unspecified atom stereocenters. The fourth-order valence-electron chi connectivity index (χ4n) is 0.681. The highest BCUT2D eigenvalue weighted by molar-refractivity contribution is 4.47. The highest BCUT2D eigenvalue weighted by Gasteiger charge is 1.93. The maximum atomic E-state index is 8.46. The molecule has 0 saturated carbocycles. The third-order valence-electron chi connectivity index (χ3n) is 1.31. The zero-order valence-electron chi connectivity index (χ0n) is 7.88. The maximum absolute atomic E-state index is 8.46. The standard InChI is InChI=1S/C6H15NO.C2H6O/c1-3-7(4-2)5-6-8;1-2-3/h8H,3-6H2,1-2H3;3H,2H2,1H3. The summed E-state index contributed by atoms with van der Waals surface area (Å²) >= 11 is 0. The predicted molar refractivity (Wildman–Crippen MR) is 47.6 cm³/mol. The summed E-state index contributed by atoms with van der Waals surface area (Å²) in [5.74, 6) is 0. The van der Waals surface area contributed by atoms with Crippen molar-refractivity contribution in [3.8, 4) is 0 Å². The minimum atomic E-state index is 0.250. The monoisotopic (exact) mass is 163 g/mol. The lowest BCUT2D eigenvalue weighted by atomic mass is 10.5. The molecule has 0 bridgehead atoms. The van der Waals surface area contributed by atoms with Gasteiger partial charge in [0.25, 0.3) is 0 Å². The van der Waals surface area contributed by atoms with Gasteiger partial charge in [-0.05, 0) is 20.0 Å². The zero-order valence-corrected chi connectivity index (χ0v) is 7.88. The van der Waals surface area contributed by atoms with Gasteiger partial charge < -0.3 is 15.1 Å². The smallest absolute Gasteiger partial charge is 0.0558 e. The number of hydrogen-bond donors (Lipinski definition) is 2. The molecule has 0 rings (SSSR count). The van der Waals surface area contributed by atoms with E-state index < -0.39 is 0 Å². The van der Waals surface area contributed by atoms with Crippen molar-refractivity contribution in [3.63, 3.8) is 0 Å². The van der Waals surface area contributed by atoms with E-state index >= 15 is 0 Å². The Bertz CT molecular complexity index is 56.1. The Labute approximate surface area is 69.6 Å². The van der Waals surface area contributed by atoms with E-state index in [-0.39, 0.29) is 13.2 Å². The SMILES string of the molecule is CCN(CC)CCO.CCO. The summed E-state index contributed by atoms with van der Waals surface area (Å²) in [5.41, 5.74) is 0. The largest absolute Gasteiger partial charge is 0.397 e. The summed E-state index contributed by atoms with van der Waals surface area (Å²) in [7, 11) is 0. The first-order valence-electron chi connectivity index (χ1n) is 4.20. The molecule has 0 aliphatic rings. The number of hydrogen-bond acceptors (Lipinski definition) is 3. The maximum Gasteiger partial charge on any atom is 0.0558 e. The molecule has 11 heavy (non-hydrogen) atoms. The molecule has 0 aromatic rings. The van der Waals surface area contributed by atoms with Crippen molar-refractivity contribution in [2.24, 2.45) is 0 Å². The van der Waals surface area contributed by atoms with E-state index in [1.165, 1.54) is 0 Å². The first kappa shape index (κ1) is 13.5. The fraction of sp³-hybridized carbons (Fsp3) is 1.00. The number of aliphatic hydroxyl groups excluding tert-OH is 2. The van der Waals surface area contributed by atoms with Crippen LogP contribution in [0.5, 0.6) is 0 Å². The summed E-state index contributed by atoms with van der Waals surface area (Å²) in [6.07, 6.45) is 0. The number of aliphatic hydroxyl groups is 2. The van der Waals surface area contributed by atoms with Gasteiger partial charge in [-0.25, -0.2) is 0 Å². The molecule has 0 aliphatic carbocycles. The molecule has 2 N–H and O–H groups in total. The minimum Gasteiger partial charge on any atom is -0.397 e. The van der Waals surface area contributed by atoms with Crippen molar-refractivity contribution in [3.05, 3.63) is 0 Å². The Balaban J connectivity index is 0. The molecule has 0 spiro atoms. The van der Waals surface area contributed by atoms with E-state index in [1.807, 2.05) is 0 Å². The minimum absolute atomic E-state index is 0.250. The second kappa shape index (κ2) is 12.5. The lowest BCUT2D eigenvalue weighted by Crippen LogP contribution is -2.25. The van der Waals surface area contributed by atoms with Crippen molar-refractivity contribution in [1.82, 2.24) is 4.90 Å². The van der Waals surface area contributed by atoms with Gasteiger partial charge in [-0.2, -0.15) is 0 Å². The molecule has 0 aromatic carbocycles. The summed E-state index contributed by atoms with van der Waals surface area (Å²) in [6.45, 7) is 9.29. The van der Waals surface area contributed by atoms with Gasteiger partial charge in [0, 0.05) is 13.2 Å². The molecule has 3 heteroatoms. The molecule has 0 saturated heterocycles. The molecule has 0 aromatic heterocycles. The van der Waals surface area contributed by atoms with E-state index in [1.54, 1.807) is 6.92 Å². The second-order valence-corrected chi connectivity index (χ2v) is 2.07. The van der Waals surface area contributed by atoms with Crippen molar-refractivity contribution in [2.45, 2.75) is 20.8 Å². The molecule has 3 nitrogen and oxygen atoms in total. The highest BCUT2D eigenvalue weighted by atomic mass is 16.3. The molecular weight excluding hydrogens is 142 g/mol. The van der Waals surface area contributed by atoms with E-state index in [0.29, 0.717) is 0 Å². The van der Waals surface area contributed by atoms with Crippen LogP contribution >= 0.6 is 0 Å². The number of likely N-dealkylation sites (N-methyl/N-ethyl adjacent to an activating group) is 1. The van der Waals surface area contributed by atoms with Crippen LogP contribution in [0.3, 0.4) is 0 Å². The quantitative estimate of drug-likeness (QED) is 0.627. The molecule has 0 fully saturated rings. The molecule has 0 aliphatic heterocycles. The van der Waals surface area contributed by atoms with Crippen molar-refractivity contribution < 1.29 is 10.2 Å². The van der Waals surface area contributed by atoms with Gasteiger partial charge in [-0.15, -0.1) is 0 Å². The first-order valence-corrected chi connectivity index (χ1v) is 4.20. The third-order valence-corrected chi connectivity index (χ3v) is 1.31. The van der Waals surface area contributed by atoms with Gasteiger partial charge in [-0.3, -0.25) is 0 Å². The van der Waals surface area contributed by atoms with Crippen LogP contribution in [0.1, 0.15) is 20.8 Å². The summed E-state index contributed by atoms with van der Waals surface area (Å²) < 4.78 is 0. The fourth-order valence-corrected chi connectivity index (χ4v) is 0.681. The topological polar surface area (TPSA) is 43.7 Å². The average molecular weight is 163 g/mol. The van der Waals surface area contributed by atoms with Crippen molar-refractivity contribution in [2.75, 3.05) is 32.8 Å². The van der Waals surface area contributed by atoms with Crippen LogP contribution in [0.25, 0.3) is 0 Å². The number of nitrogens with zero attached hydrogens (tertiary/aromatic N) is 1. The Morgan fingerprint density at radius 1 is 1.00 bits per heavy atom. The lowest BCUT2D eigenvalue weighted by molar-refractivity contribution is 0.208. The van der Waals surface area contributed by atoms with Crippen LogP contribution in [0.4, 0.5) is 0 Å². The third kappa shape index (κ3) is 13.0. The van der Waals surface area contributed by atoms with Gasteiger partial charge in [0.2, 0.25) is 0 Å². The number of rotatable bonds is 4. The van der Waals surface area contributed by atoms with E-state index in [0.717, 1.165) is 19.6 Å². The Morgan fingerprint density at radius 3 is 1.45 bits per heavy atom. The van der Waals surface area contributed by atoms with Crippen LogP contribution in [-0.2, 0) is 0 Å². The van der Waals surface area contributed by atoms with Gasteiger partial charge in [-0.1, -0.05) is 13.8 Å². The van der Waals surface area contributed by atoms with Gasteiger partial charge in [0.1, 0.15) is 0 Å². The molecule has 0 heterocycles. The van der Waals surface area contributed by atoms with Crippen molar-refractivity contribution in [1.29, 1.82) is 0 Å². The Morgan fingerprint density at radius 2 is 1.36 bits per heavy atom. The van der Waals surface area contributed by atoms with Gasteiger partial charge >= 0.3 is 0 Å². The second-order valence-electron chi connectivity index (χ2n) is 2.07. The molecular formula is C8H21NO2. The molecule has 0 radical (unpaired) electrons.